The summed E-state index contributed by atoms with van der Waals surface area (Å²) in [6, 6.07) is 13.3. The highest BCUT2D eigenvalue weighted by Gasteiger charge is 2.17. The Morgan fingerprint density at radius 1 is 1.14 bits per heavy atom. The van der Waals surface area contributed by atoms with Crippen molar-refractivity contribution in [2.24, 2.45) is 0 Å². The number of nitro benzene ring substituents is 1. The summed E-state index contributed by atoms with van der Waals surface area (Å²) < 4.78 is 10.3. The second-order valence-electron chi connectivity index (χ2n) is 5.59. The zero-order valence-electron chi connectivity index (χ0n) is 14.3. The predicted octanol–water partition coefficient (Wildman–Crippen LogP) is 4.45. The minimum atomic E-state index is -0.690. The Labute approximate surface area is 163 Å². The fourth-order valence-corrected chi connectivity index (χ4v) is 2.58. The summed E-state index contributed by atoms with van der Waals surface area (Å²) in [5.74, 6) is -1.10. The van der Waals surface area contributed by atoms with Gasteiger partial charge < -0.3 is 14.5 Å². The Hall–Kier alpha value is -3.65. The molecule has 0 saturated carbocycles. The van der Waals surface area contributed by atoms with Gasteiger partial charge in [0.25, 0.3) is 11.6 Å². The van der Waals surface area contributed by atoms with Gasteiger partial charge in [-0.15, -0.1) is 0 Å². The molecule has 8 nitrogen and oxygen atoms in total. The van der Waals surface area contributed by atoms with E-state index in [1.807, 2.05) is 0 Å². The molecule has 0 aliphatic carbocycles. The topological polar surface area (TPSA) is 112 Å². The van der Waals surface area contributed by atoms with Crippen molar-refractivity contribution in [2.75, 3.05) is 5.32 Å². The maximum absolute atomic E-state index is 12.4. The molecular formula is C19H13ClN2O6. The number of nitrogens with one attached hydrogen (secondary N) is 1. The maximum atomic E-state index is 12.4. The molecule has 142 valence electrons. The first kappa shape index (κ1) is 19.1. The standard InChI is InChI=1S/C19H13ClN2O6/c20-15-10-13(22(25)26)8-7-12(15)11-28-19(24)14-4-1-2-5-16(14)21-18(23)17-6-3-9-27-17/h1-10H,11H2,(H,21,23). The van der Waals surface area contributed by atoms with Crippen LogP contribution in [0, 0.1) is 10.1 Å². The first-order chi connectivity index (χ1) is 13.5. The molecule has 9 heteroatoms. The van der Waals surface area contributed by atoms with Gasteiger partial charge in [-0.25, -0.2) is 4.79 Å². The molecule has 2 aromatic carbocycles. The number of amides is 1. The molecule has 3 rings (SSSR count). The fraction of sp³-hybridized carbons (Fsp3) is 0.0526. The van der Waals surface area contributed by atoms with E-state index in [1.165, 1.54) is 36.6 Å². The highest BCUT2D eigenvalue weighted by molar-refractivity contribution is 6.31. The lowest BCUT2D eigenvalue weighted by atomic mass is 10.1. The van der Waals surface area contributed by atoms with Crippen molar-refractivity contribution in [1.29, 1.82) is 0 Å². The fourth-order valence-electron chi connectivity index (χ4n) is 2.35. The van der Waals surface area contributed by atoms with E-state index in [0.717, 1.165) is 0 Å². The molecule has 0 bridgehead atoms. The molecule has 0 radical (unpaired) electrons. The first-order valence-electron chi connectivity index (χ1n) is 7.99. The van der Waals surface area contributed by atoms with Gasteiger partial charge in [0.2, 0.25) is 0 Å². The number of non-ortho nitro benzene ring substituents is 1. The summed E-state index contributed by atoms with van der Waals surface area (Å²) in [6.45, 7) is -0.184. The molecule has 1 aromatic heterocycles. The molecule has 0 aliphatic rings. The monoisotopic (exact) mass is 400 g/mol. The molecular weight excluding hydrogens is 388 g/mol. The summed E-state index contributed by atoms with van der Waals surface area (Å²) in [5.41, 5.74) is 0.646. The van der Waals surface area contributed by atoms with E-state index in [2.05, 4.69) is 5.32 Å². The summed E-state index contributed by atoms with van der Waals surface area (Å²) in [5, 5.41) is 13.4. The van der Waals surface area contributed by atoms with Gasteiger partial charge in [0.05, 0.1) is 27.5 Å². The van der Waals surface area contributed by atoms with Crippen LogP contribution in [0.5, 0.6) is 0 Å². The minimum Gasteiger partial charge on any atom is -0.459 e. The van der Waals surface area contributed by atoms with Crippen LogP contribution in [0.3, 0.4) is 0 Å². The number of nitro groups is 1. The van der Waals surface area contributed by atoms with E-state index in [0.29, 0.717) is 5.56 Å². The third kappa shape index (κ3) is 4.36. The Morgan fingerprint density at radius 2 is 1.93 bits per heavy atom. The van der Waals surface area contributed by atoms with Gasteiger partial charge in [-0.05, 0) is 30.3 Å². The summed E-state index contributed by atoms with van der Waals surface area (Å²) in [6.07, 6.45) is 1.36. The summed E-state index contributed by atoms with van der Waals surface area (Å²) >= 11 is 6.00. The van der Waals surface area contributed by atoms with Gasteiger partial charge in [0, 0.05) is 17.7 Å². The second-order valence-corrected chi connectivity index (χ2v) is 5.99. The summed E-state index contributed by atoms with van der Waals surface area (Å²) in [7, 11) is 0. The largest absolute Gasteiger partial charge is 0.459 e. The molecule has 1 heterocycles. The molecule has 0 atom stereocenters. The quantitative estimate of drug-likeness (QED) is 0.371. The van der Waals surface area contributed by atoms with Gasteiger partial charge in [-0.3, -0.25) is 14.9 Å². The number of esters is 1. The van der Waals surface area contributed by atoms with E-state index in [4.69, 9.17) is 20.8 Å². The van der Waals surface area contributed by atoms with Gasteiger partial charge in [-0.2, -0.15) is 0 Å². The van der Waals surface area contributed by atoms with Crippen LogP contribution in [0.1, 0.15) is 26.5 Å². The predicted molar refractivity (Wildman–Crippen MR) is 100 cm³/mol. The van der Waals surface area contributed by atoms with Gasteiger partial charge in [0.1, 0.15) is 6.61 Å². The number of hydrogen-bond acceptors (Lipinski definition) is 6. The number of anilines is 1. The van der Waals surface area contributed by atoms with Crippen molar-refractivity contribution in [2.45, 2.75) is 6.61 Å². The van der Waals surface area contributed by atoms with Crippen molar-refractivity contribution < 1.29 is 23.7 Å². The highest BCUT2D eigenvalue weighted by Crippen LogP contribution is 2.24. The average molecular weight is 401 g/mol. The van der Waals surface area contributed by atoms with Gasteiger partial charge >= 0.3 is 5.97 Å². The van der Waals surface area contributed by atoms with Crippen molar-refractivity contribution in [3.63, 3.8) is 0 Å². The molecule has 1 amide bonds. The Morgan fingerprint density at radius 3 is 2.61 bits per heavy atom. The zero-order chi connectivity index (χ0) is 20.1. The maximum Gasteiger partial charge on any atom is 0.340 e. The number of halogens is 1. The SMILES string of the molecule is O=C(Nc1ccccc1C(=O)OCc1ccc([N+](=O)[O-])cc1Cl)c1ccco1. The van der Waals surface area contributed by atoms with E-state index < -0.39 is 16.8 Å². The van der Waals surface area contributed by atoms with Crippen molar-refractivity contribution in [3.8, 4) is 0 Å². The lowest BCUT2D eigenvalue weighted by Crippen LogP contribution is -2.15. The van der Waals surface area contributed by atoms with Gasteiger partial charge in [-0.1, -0.05) is 23.7 Å². The molecule has 0 unspecified atom stereocenters. The van der Waals surface area contributed by atoms with Gasteiger partial charge in [0.15, 0.2) is 5.76 Å². The number of ether oxygens (including phenoxy) is 1. The normalized spacial score (nSPS) is 10.3. The minimum absolute atomic E-state index is 0.0980. The Kier molecular flexibility index (Phi) is 5.71. The van der Waals surface area contributed by atoms with Crippen LogP contribution in [-0.4, -0.2) is 16.8 Å². The van der Waals surface area contributed by atoms with Crippen LogP contribution in [0.15, 0.2) is 65.3 Å². The van der Waals surface area contributed by atoms with Crippen LogP contribution in [-0.2, 0) is 11.3 Å². The third-order valence-electron chi connectivity index (χ3n) is 3.75. The smallest absolute Gasteiger partial charge is 0.340 e. The van der Waals surface area contributed by atoms with E-state index in [1.54, 1.807) is 24.3 Å². The first-order valence-corrected chi connectivity index (χ1v) is 8.37. The zero-order valence-corrected chi connectivity index (χ0v) is 15.0. The average Bonchev–Trinajstić information content (AvgIpc) is 3.22. The molecule has 28 heavy (non-hydrogen) atoms. The number of nitrogens with zero attached hydrogens (tertiary/aromatic N) is 1. The Bertz CT molecular complexity index is 1030. The number of carbonyl (C=O) groups excluding carboxylic acids is 2. The Balaban J connectivity index is 1.71. The van der Waals surface area contributed by atoms with E-state index >= 15 is 0 Å². The van der Waals surface area contributed by atoms with Crippen LogP contribution in [0.2, 0.25) is 5.02 Å². The molecule has 0 aliphatic heterocycles. The molecule has 0 fully saturated rings. The third-order valence-corrected chi connectivity index (χ3v) is 4.10. The van der Waals surface area contributed by atoms with Crippen LogP contribution in [0.25, 0.3) is 0 Å². The van der Waals surface area contributed by atoms with Crippen molar-refractivity contribution >= 4 is 34.9 Å². The summed E-state index contributed by atoms with van der Waals surface area (Å²) in [4.78, 5) is 34.8. The number of para-hydroxylation sites is 1. The van der Waals surface area contributed by atoms with Crippen LogP contribution >= 0.6 is 11.6 Å². The lowest BCUT2D eigenvalue weighted by Gasteiger charge is -2.11. The molecule has 0 saturated heterocycles. The number of furan rings is 1. The highest BCUT2D eigenvalue weighted by atomic mass is 35.5. The van der Waals surface area contributed by atoms with E-state index in [-0.39, 0.29) is 34.3 Å². The molecule has 1 N–H and O–H groups in total. The number of hydrogen-bond donors (Lipinski definition) is 1. The number of benzene rings is 2. The molecule has 3 aromatic rings. The number of carbonyl (C=O) groups is 2. The van der Waals surface area contributed by atoms with Crippen LogP contribution in [0.4, 0.5) is 11.4 Å². The van der Waals surface area contributed by atoms with Crippen LogP contribution < -0.4 is 5.32 Å². The molecule has 0 spiro atoms. The van der Waals surface area contributed by atoms with Crippen molar-refractivity contribution in [1.82, 2.24) is 0 Å². The van der Waals surface area contributed by atoms with Crippen molar-refractivity contribution in [3.05, 3.63) is 92.9 Å². The lowest BCUT2D eigenvalue weighted by molar-refractivity contribution is -0.384. The number of rotatable bonds is 6. The van der Waals surface area contributed by atoms with E-state index in [9.17, 15) is 19.7 Å². The second kappa shape index (κ2) is 8.36.